The van der Waals surface area contributed by atoms with Crippen molar-refractivity contribution in [3.05, 3.63) is 52.0 Å². The molecule has 4 N–H and O–H groups in total. The number of aromatic nitrogens is 1. The van der Waals surface area contributed by atoms with Gasteiger partial charge in [0.05, 0.1) is 12.0 Å². The molecule has 2 heterocycles. The van der Waals surface area contributed by atoms with Gasteiger partial charge < -0.3 is 21.1 Å². The van der Waals surface area contributed by atoms with Crippen molar-refractivity contribution in [3.8, 4) is 0 Å². The van der Waals surface area contributed by atoms with Crippen LogP contribution in [0.1, 0.15) is 99.0 Å². The molecule has 1 aromatic carbocycles. The molecule has 0 aliphatic carbocycles. The summed E-state index contributed by atoms with van der Waals surface area (Å²) < 4.78 is 0. The number of carbonyl (C=O) groups is 5. The zero-order valence-corrected chi connectivity index (χ0v) is 29.3. The monoisotopic (exact) mass is 669 g/mol. The van der Waals surface area contributed by atoms with Crippen LogP contribution < -0.4 is 16.0 Å². The van der Waals surface area contributed by atoms with Crippen LogP contribution in [0, 0.1) is 17.8 Å². The van der Waals surface area contributed by atoms with E-state index < -0.39 is 35.9 Å². The van der Waals surface area contributed by atoms with Gasteiger partial charge in [0.25, 0.3) is 5.91 Å². The third-order valence-corrected chi connectivity index (χ3v) is 9.98. The molecular weight excluding hydrogens is 618 g/mol. The maximum atomic E-state index is 13.6. The Labute approximate surface area is 282 Å². The highest BCUT2D eigenvalue weighted by Gasteiger charge is 2.34. The summed E-state index contributed by atoms with van der Waals surface area (Å²) in [6.07, 6.45) is 4.13. The van der Waals surface area contributed by atoms with Gasteiger partial charge in [0.15, 0.2) is 10.8 Å². The lowest BCUT2D eigenvalue weighted by molar-refractivity contribution is -0.141. The first-order chi connectivity index (χ1) is 22.3. The number of rotatable bonds is 17. The molecule has 0 bridgehead atoms. The van der Waals surface area contributed by atoms with Crippen LogP contribution >= 0.6 is 11.3 Å². The number of hydrogen-bond acceptors (Lipinski definition) is 8. The second kappa shape index (κ2) is 18.1. The Morgan fingerprint density at radius 3 is 2.34 bits per heavy atom. The zero-order chi connectivity index (χ0) is 34.7. The van der Waals surface area contributed by atoms with Crippen molar-refractivity contribution in [1.82, 2.24) is 25.8 Å². The maximum Gasteiger partial charge on any atom is 0.306 e. The van der Waals surface area contributed by atoms with Gasteiger partial charge in [-0.05, 0) is 56.7 Å². The summed E-state index contributed by atoms with van der Waals surface area (Å²) in [6.45, 7) is 10.2. The van der Waals surface area contributed by atoms with Crippen LogP contribution in [-0.2, 0) is 20.8 Å². The van der Waals surface area contributed by atoms with Gasteiger partial charge in [-0.1, -0.05) is 77.8 Å². The smallest absolute Gasteiger partial charge is 0.306 e. The topological polar surface area (TPSA) is 158 Å². The predicted molar refractivity (Wildman–Crippen MR) is 182 cm³/mol. The average molecular weight is 670 g/mol. The van der Waals surface area contributed by atoms with Crippen molar-refractivity contribution in [2.45, 2.75) is 104 Å². The number of carboxylic acid groups (broad SMARTS) is 1. The molecule has 11 nitrogen and oxygen atoms in total. The summed E-state index contributed by atoms with van der Waals surface area (Å²) in [5.74, 6) is -3.07. The quantitative estimate of drug-likeness (QED) is 0.181. The number of benzene rings is 1. The largest absolute Gasteiger partial charge is 0.481 e. The van der Waals surface area contributed by atoms with E-state index in [1.54, 1.807) is 6.92 Å². The van der Waals surface area contributed by atoms with Gasteiger partial charge >= 0.3 is 5.97 Å². The minimum atomic E-state index is -0.944. The van der Waals surface area contributed by atoms with Crippen LogP contribution in [0.4, 0.5) is 0 Å². The molecule has 3 rings (SSSR count). The normalized spacial score (nSPS) is 18.4. The standard InChI is InChI=1S/C35H51N5O6S/c1-7-22(4)30(39-32(43)28-15-11-12-16-40(28)6)33(44)37-26(21(2)3)19-29(41)34-38-27(20-47-34)31(42)36-25(17-23(5)35(45)46)18-24-13-9-8-10-14-24/h8-10,13-14,20-23,25-26,28,30H,7,11-12,15-19H2,1-6H3,(H,36,42)(H,37,44)(H,39,43)(H,45,46)/t22-,23-,25+,26+,28+,30-/m0/s1. The molecule has 0 saturated carbocycles. The van der Waals surface area contributed by atoms with E-state index in [4.69, 9.17) is 0 Å². The molecule has 0 radical (unpaired) electrons. The lowest BCUT2D eigenvalue weighted by atomic mass is 9.94. The Bertz CT molecular complexity index is 1370. The minimum Gasteiger partial charge on any atom is -0.481 e. The highest BCUT2D eigenvalue weighted by Crippen LogP contribution is 2.20. The van der Waals surface area contributed by atoms with Crippen LogP contribution in [0.3, 0.4) is 0 Å². The van der Waals surface area contributed by atoms with Gasteiger partial charge in [-0.2, -0.15) is 0 Å². The molecule has 1 aliphatic rings. The molecule has 12 heteroatoms. The number of carbonyl (C=O) groups excluding carboxylic acids is 4. The maximum absolute atomic E-state index is 13.6. The second-order valence-corrected chi connectivity index (χ2v) is 14.1. The Morgan fingerprint density at radius 1 is 1.02 bits per heavy atom. The summed E-state index contributed by atoms with van der Waals surface area (Å²) in [7, 11) is 1.93. The molecule has 47 heavy (non-hydrogen) atoms. The molecular formula is C35H51N5O6S. The molecule has 6 atom stereocenters. The van der Waals surface area contributed by atoms with Crippen molar-refractivity contribution in [3.63, 3.8) is 0 Å². The summed E-state index contributed by atoms with van der Waals surface area (Å²) in [5.41, 5.74) is 1.04. The summed E-state index contributed by atoms with van der Waals surface area (Å²) in [5, 5.41) is 20.0. The highest BCUT2D eigenvalue weighted by atomic mass is 32.1. The average Bonchev–Trinajstić information content (AvgIpc) is 3.54. The molecule has 0 spiro atoms. The van der Waals surface area contributed by atoms with E-state index >= 15 is 0 Å². The van der Waals surface area contributed by atoms with E-state index in [0.717, 1.165) is 42.7 Å². The number of nitrogens with zero attached hydrogens (tertiary/aromatic N) is 2. The molecule has 1 fully saturated rings. The molecule has 0 unspecified atom stereocenters. The van der Waals surface area contributed by atoms with Crippen LogP contribution in [-0.4, -0.2) is 82.2 Å². The van der Waals surface area contributed by atoms with Crippen molar-refractivity contribution in [2.75, 3.05) is 13.6 Å². The number of nitrogens with one attached hydrogen (secondary N) is 3. The predicted octanol–water partition coefficient (Wildman–Crippen LogP) is 4.32. The number of hydrogen-bond donors (Lipinski definition) is 4. The van der Waals surface area contributed by atoms with Gasteiger partial charge in [0.1, 0.15) is 11.7 Å². The lowest BCUT2D eigenvalue weighted by Gasteiger charge is -2.34. The van der Waals surface area contributed by atoms with Gasteiger partial charge in [-0.25, -0.2) is 4.98 Å². The number of ketones is 1. The Balaban J connectivity index is 1.66. The SMILES string of the molecule is CC[C@H](C)[C@H](NC(=O)[C@H]1CCCCN1C)C(=O)N[C@H](CC(=O)c1nc(C(=O)N[C@@H](Cc2ccccc2)C[C@H](C)C(=O)O)cs1)C(C)C. The van der Waals surface area contributed by atoms with Crippen molar-refractivity contribution < 1.29 is 29.1 Å². The number of aliphatic carboxylic acids is 1. The molecule has 3 amide bonds. The number of carboxylic acids is 1. The van der Waals surface area contributed by atoms with Crippen LogP contribution in [0.2, 0.25) is 0 Å². The summed E-state index contributed by atoms with van der Waals surface area (Å²) in [4.78, 5) is 71.2. The van der Waals surface area contributed by atoms with Crippen LogP contribution in [0.25, 0.3) is 0 Å². The first-order valence-electron chi connectivity index (χ1n) is 16.7. The first kappa shape index (κ1) is 37.8. The number of likely N-dealkylation sites (N-methyl/N-ethyl adjacent to an activating group) is 1. The van der Waals surface area contributed by atoms with Gasteiger partial charge in [-0.3, -0.25) is 28.9 Å². The third kappa shape index (κ3) is 11.2. The second-order valence-electron chi connectivity index (χ2n) is 13.2. The molecule has 2 aromatic rings. The Hall–Kier alpha value is -3.64. The number of amides is 3. The van der Waals surface area contributed by atoms with Crippen LogP contribution in [0.5, 0.6) is 0 Å². The molecule has 1 aromatic heterocycles. The Morgan fingerprint density at radius 2 is 1.72 bits per heavy atom. The number of piperidine rings is 1. The van der Waals surface area contributed by atoms with E-state index in [9.17, 15) is 29.1 Å². The lowest BCUT2D eigenvalue weighted by Crippen LogP contribution is -2.57. The fraction of sp³-hybridized carbons (Fsp3) is 0.600. The number of Topliss-reactive ketones (excluding diaryl/α,β-unsaturated/α-hetero) is 1. The fourth-order valence-electron chi connectivity index (χ4n) is 5.76. The summed E-state index contributed by atoms with van der Waals surface area (Å²) in [6, 6.07) is 7.54. The highest BCUT2D eigenvalue weighted by molar-refractivity contribution is 7.11. The van der Waals surface area contributed by atoms with Gasteiger partial charge in [0, 0.05) is 23.9 Å². The van der Waals surface area contributed by atoms with Crippen molar-refractivity contribution in [1.29, 1.82) is 0 Å². The van der Waals surface area contributed by atoms with Gasteiger partial charge in [0.2, 0.25) is 11.8 Å². The third-order valence-electron chi connectivity index (χ3n) is 9.10. The molecule has 1 saturated heterocycles. The number of thiazole rings is 1. The van der Waals surface area contributed by atoms with E-state index in [2.05, 4.69) is 20.9 Å². The molecule has 1 aliphatic heterocycles. The first-order valence-corrected chi connectivity index (χ1v) is 17.6. The van der Waals surface area contributed by atoms with Crippen molar-refractivity contribution >= 4 is 40.8 Å². The zero-order valence-electron chi connectivity index (χ0n) is 28.5. The van der Waals surface area contributed by atoms with Gasteiger partial charge in [-0.15, -0.1) is 11.3 Å². The van der Waals surface area contributed by atoms with E-state index in [1.165, 1.54) is 5.38 Å². The minimum absolute atomic E-state index is 0.0166. The van der Waals surface area contributed by atoms with Crippen LogP contribution in [0.15, 0.2) is 35.7 Å². The van der Waals surface area contributed by atoms with E-state index in [-0.39, 0.29) is 59.0 Å². The van der Waals surface area contributed by atoms with E-state index in [0.29, 0.717) is 12.8 Å². The fourth-order valence-corrected chi connectivity index (χ4v) is 6.50. The van der Waals surface area contributed by atoms with Crippen molar-refractivity contribution in [2.24, 2.45) is 17.8 Å². The summed E-state index contributed by atoms with van der Waals surface area (Å²) >= 11 is 1.06. The van der Waals surface area contributed by atoms with E-state index in [1.807, 2.05) is 70.0 Å². The number of likely N-dealkylation sites (tertiary alicyclic amines) is 1. The Kier molecular flexibility index (Phi) is 14.5. The molecule has 258 valence electrons.